The van der Waals surface area contributed by atoms with E-state index in [4.69, 9.17) is 9.84 Å². The number of hydrogen-bond donors (Lipinski definition) is 2. The van der Waals surface area contributed by atoms with E-state index in [9.17, 15) is 9.59 Å². The van der Waals surface area contributed by atoms with Gasteiger partial charge < -0.3 is 19.7 Å². The highest BCUT2D eigenvalue weighted by molar-refractivity contribution is 5.96. The molecule has 0 aromatic carbocycles. The van der Waals surface area contributed by atoms with Crippen LogP contribution in [0.15, 0.2) is 6.07 Å². The van der Waals surface area contributed by atoms with Crippen molar-refractivity contribution in [1.29, 1.82) is 0 Å². The molecule has 0 spiro atoms. The summed E-state index contributed by atoms with van der Waals surface area (Å²) in [5.74, 6) is -1.38. The third-order valence-electron chi connectivity index (χ3n) is 3.14. The predicted molar refractivity (Wildman–Crippen MR) is 70.3 cm³/mol. The van der Waals surface area contributed by atoms with Gasteiger partial charge in [0, 0.05) is 25.0 Å². The van der Waals surface area contributed by atoms with E-state index in [1.54, 1.807) is 6.07 Å². The molecule has 0 bridgehead atoms. The molecule has 1 heterocycles. The summed E-state index contributed by atoms with van der Waals surface area (Å²) < 4.78 is 6.79. The second-order valence-corrected chi connectivity index (χ2v) is 4.30. The zero-order valence-electron chi connectivity index (χ0n) is 11.7. The molecule has 0 fully saturated rings. The molecule has 0 aliphatic rings. The van der Waals surface area contributed by atoms with Gasteiger partial charge >= 0.3 is 5.97 Å². The molecule has 0 aliphatic heterocycles. The lowest BCUT2D eigenvalue weighted by molar-refractivity contribution is -0.148. The summed E-state index contributed by atoms with van der Waals surface area (Å²) in [6, 6.07) is 1.80. The number of carboxylic acid groups (broad SMARTS) is 1. The Morgan fingerprint density at radius 2 is 2.11 bits per heavy atom. The van der Waals surface area contributed by atoms with Crippen molar-refractivity contribution in [2.24, 2.45) is 0 Å². The van der Waals surface area contributed by atoms with Gasteiger partial charge in [-0.25, -0.2) is 4.79 Å². The van der Waals surface area contributed by atoms with Crippen LogP contribution in [0.3, 0.4) is 0 Å². The predicted octanol–water partition coefficient (Wildman–Crippen LogP) is 0.954. The average Bonchev–Trinajstić information content (AvgIpc) is 2.64. The maximum atomic E-state index is 12.0. The Morgan fingerprint density at radius 1 is 1.47 bits per heavy atom. The number of aromatic nitrogens is 1. The third kappa shape index (κ3) is 3.35. The topological polar surface area (TPSA) is 80.6 Å². The Kier molecular flexibility index (Phi) is 5.11. The van der Waals surface area contributed by atoms with Crippen molar-refractivity contribution in [1.82, 2.24) is 9.88 Å². The number of ether oxygens (including phenoxy) is 1. The van der Waals surface area contributed by atoms with Gasteiger partial charge in [0.05, 0.1) is 12.1 Å². The number of hydrogen-bond acceptors (Lipinski definition) is 3. The Hall–Kier alpha value is -1.82. The number of nitrogens with zero attached hydrogens (tertiary/aromatic N) is 1. The lowest BCUT2D eigenvalue weighted by atomic mass is 10.2. The molecule has 6 heteroatoms. The highest BCUT2D eigenvalue weighted by Crippen LogP contribution is 2.14. The van der Waals surface area contributed by atoms with Crippen LogP contribution < -0.4 is 5.32 Å². The lowest BCUT2D eigenvalue weighted by Crippen LogP contribution is -2.37. The van der Waals surface area contributed by atoms with Crippen molar-refractivity contribution in [2.45, 2.75) is 33.4 Å². The molecule has 0 saturated heterocycles. The molecule has 1 atom stereocenters. The van der Waals surface area contributed by atoms with E-state index in [1.165, 1.54) is 7.11 Å². The number of rotatable bonds is 6. The van der Waals surface area contributed by atoms with Crippen molar-refractivity contribution >= 4 is 11.9 Å². The van der Waals surface area contributed by atoms with Crippen LogP contribution >= 0.6 is 0 Å². The van der Waals surface area contributed by atoms with Crippen molar-refractivity contribution in [3.05, 3.63) is 23.0 Å². The first kappa shape index (κ1) is 15.2. The van der Waals surface area contributed by atoms with Gasteiger partial charge in [0.1, 0.15) is 0 Å². The van der Waals surface area contributed by atoms with Crippen LogP contribution in [0, 0.1) is 13.8 Å². The number of carbonyl (C=O) groups excluding carboxylic acids is 1. The van der Waals surface area contributed by atoms with Crippen molar-refractivity contribution in [3.8, 4) is 0 Å². The van der Waals surface area contributed by atoms with Crippen molar-refractivity contribution < 1.29 is 19.4 Å². The smallest absolute Gasteiger partial charge is 0.334 e. The SMILES string of the molecule is CCn1c(C)cc(C(=O)NCC(OC)C(=O)O)c1C. The molecular weight excluding hydrogens is 248 g/mol. The van der Waals surface area contributed by atoms with Gasteiger partial charge in [-0.15, -0.1) is 0 Å². The average molecular weight is 268 g/mol. The molecule has 0 saturated carbocycles. The van der Waals surface area contributed by atoms with E-state index in [0.717, 1.165) is 17.9 Å². The Balaban J connectivity index is 2.76. The van der Waals surface area contributed by atoms with Crippen LogP contribution in [-0.2, 0) is 16.1 Å². The highest BCUT2D eigenvalue weighted by Gasteiger charge is 2.19. The van der Waals surface area contributed by atoms with Gasteiger partial charge in [0.25, 0.3) is 5.91 Å². The number of aryl methyl sites for hydroxylation is 1. The van der Waals surface area contributed by atoms with Gasteiger partial charge in [-0.3, -0.25) is 4.79 Å². The third-order valence-corrected chi connectivity index (χ3v) is 3.14. The zero-order chi connectivity index (χ0) is 14.6. The summed E-state index contributed by atoms with van der Waals surface area (Å²) in [7, 11) is 1.30. The molecule has 1 amide bonds. The quantitative estimate of drug-likeness (QED) is 0.805. The summed E-state index contributed by atoms with van der Waals surface area (Å²) in [5, 5.41) is 11.4. The minimum Gasteiger partial charge on any atom is -0.479 e. The minimum atomic E-state index is -1.10. The van der Waals surface area contributed by atoms with Crippen LogP contribution in [0.5, 0.6) is 0 Å². The van der Waals surface area contributed by atoms with Crippen molar-refractivity contribution in [2.75, 3.05) is 13.7 Å². The second kappa shape index (κ2) is 6.38. The van der Waals surface area contributed by atoms with Crippen LogP contribution in [0.25, 0.3) is 0 Å². The van der Waals surface area contributed by atoms with E-state index >= 15 is 0 Å². The number of aliphatic carboxylic acids is 1. The largest absolute Gasteiger partial charge is 0.479 e. The molecule has 19 heavy (non-hydrogen) atoms. The molecule has 2 N–H and O–H groups in total. The van der Waals surface area contributed by atoms with E-state index in [1.807, 2.05) is 25.3 Å². The normalized spacial score (nSPS) is 12.2. The summed E-state index contributed by atoms with van der Waals surface area (Å²) in [5.41, 5.74) is 2.45. The number of amides is 1. The maximum Gasteiger partial charge on any atom is 0.334 e. The fourth-order valence-corrected chi connectivity index (χ4v) is 2.07. The van der Waals surface area contributed by atoms with Gasteiger partial charge in [0.2, 0.25) is 0 Å². The molecule has 1 rings (SSSR count). The number of carbonyl (C=O) groups is 2. The molecule has 106 valence electrons. The van der Waals surface area contributed by atoms with Gasteiger partial charge in [0.15, 0.2) is 6.10 Å². The Morgan fingerprint density at radius 3 is 2.53 bits per heavy atom. The zero-order valence-corrected chi connectivity index (χ0v) is 11.7. The molecule has 1 unspecified atom stereocenters. The monoisotopic (exact) mass is 268 g/mol. The fourth-order valence-electron chi connectivity index (χ4n) is 2.07. The van der Waals surface area contributed by atoms with E-state index in [0.29, 0.717) is 5.56 Å². The van der Waals surface area contributed by atoms with Gasteiger partial charge in [-0.2, -0.15) is 0 Å². The minimum absolute atomic E-state index is 0.0551. The summed E-state index contributed by atoms with van der Waals surface area (Å²) in [4.78, 5) is 22.8. The fraction of sp³-hybridized carbons (Fsp3) is 0.538. The first-order chi connectivity index (χ1) is 8.92. The number of carboxylic acids is 1. The van der Waals surface area contributed by atoms with Crippen LogP contribution in [-0.4, -0.2) is 41.3 Å². The van der Waals surface area contributed by atoms with E-state index in [2.05, 4.69) is 5.32 Å². The first-order valence-corrected chi connectivity index (χ1v) is 6.12. The maximum absolute atomic E-state index is 12.0. The summed E-state index contributed by atoms with van der Waals surface area (Å²) >= 11 is 0. The molecular formula is C13H20N2O4. The van der Waals surface area contributed by atoms with Crippen LogP contribution in [0.1, 0.15) is 28.7 Å². The molecule has 1 aromatic rings. The van der Waals surface area contributed by atoms with Crippen LogP contribution in [0.4, 0.5) is 0 Å². The lowest BCUT2D eigenvalue weighted by Gasteiger charge is -2.11. The van der Waals surface area contributed by atoms with E-state index < -0.39 is 12.1 Å². The molecule has 0 radical (unpaired) electrons. The Labute approximate surface area is 112 Å². The van der Waals surface area contributed by atoms with E-state index in [-0.39, 0.29) is 12.5 Å². The van der Waals surface area contributed by atoms with Gasteiger partial charge in [-0.1, -0.05) is 0 Å². The molecule has 0 aliphatic carbocycles. The van der Waals surface area contributed by atoms with Crippen LogP contribution in [0.2, 0.25) is 0 Å². The van der Waals surface area contributed by atoms with Crippen molar-refractivity contribution in [3.63, 3.8) is 0 Å². The summed E-state index contributed by atoms with van der Waals surface area (Å²) in [6.45, 7) is 6.55. The first-order valence-electron chi connectivity index (χ1n) is 6.12. The standard InChI is InChI=1S/C13H20N2O4/c1-5-15-8(2)6-10(9(15)3)12(16)14-7-11(19-4)13(17)18/h6,11H,5,7H2,1-4H3,(H,14,16)(H,17,18). The summed E-state index contributed by atoms with van der Waals surface area (Å²) in [6.07, 6.45) is -1.03. The highest BCUT2D eigenvalue weighted by atomic mass is 16.5. The molecule has 1 aromatic heterocycles. The van der Waals surface area contributed by atoms with Gasteiger partial charge in [-0.05, 0) is 26.8 Å². The second-order valence-electron chi connectivity index (χ2n) is 4.30. The number of nitrogens with one attached hydrogen (secondary N) is 1. The number of methoxy groups -OCH3 is 1. The molecule has 6 nitrogen and oxygen atoms in total. The Bertz CT molecular complexity index is 479.